The van der Waals surface area contributed by atoms with Crippen LogP contribution in [0, 0.1) is 0 Å². The topological polar surface area (TPSA) is 106 Å². The van der Waals surface area contributed by atoms with Gasteiger partial charge < -0.3 is 25.4 Å². The average molecular weight is 390 g/mol. The molecule has 29 heavy (non-hydrogen) atoms. The molecule has 4 N–H and O–H groups in total. The lowest BCUT2D eigenvalue weighted by Crippen LogP contribution is -2.07. The molecule has 4 aromatic rings. The van der Waals surface area contributed by atoms with Crippen molar-refractivity contribution < 1.29 is 14.3 Å². The van der Waals surface area contributed by atoms with E-state index in [2.05, 4.69) is 15.4 Å². The van der Waals surface area contributed by atoms with Crippen LogP contribution < -0.4 is 11.2 Å². The highest BCUT2D eigenvalue weighted by atomic mass is 16.5. The van der Waals surface area contributed by atoms with E-state index in [0.717, 1.165) is 34.0 Å². The smallest absolute Gasteiger partial charge is 0.174 e. The second-order valence-electron chi connectivity index (χ2n) is 6.69. The number of ether oxygens (including phenoxy) is 1. The number of pyridine rings is 1. The summed E-state index contributed by atoms with van der Waals surface area (Å²) in [6.45, 7) is 0.609. The number of furan rings is 1. The minimum atomic E-state index is 0.255. The van der Waals surface area contributed by atoms with Crippen molar-refractivity contribution in [1.29, 1.82) is 0 Å². The van der Waals surface area contributed by atoms with Crippen LogP contribution in [-0.2, 0) is 4.74 Å². The molecule has 0 bridgehead atoms. The average Bonchev–Trinajstić information content (AvgIpc) is 3.10. The van der Waals surface area contributed by atoms with E-state index in [0.29, 0.717) is 30.1 Å². The van der Waals surface area contributed by atoms with Crippen molar-refractivity contribution in [1.82, 2.24) is 4.98 Å². The fourth-order valence-electron chi connectivity index (χ4n) is 3.39. The minimum Gasteiger partial charge on any atom is -0.507 e. The first kappa shape index (κ1) is 18.8. The Balaban J connectivity index is 1.76. The number of phenolic OH excluding ortho intramolecular Hbond substituents is 1. The van der Waals surface area contributed by atoms with Gasteiger partial charge in [0.25, 0.3) is 0 Å². The third kappa shape index (κ3) is 3.72. The summed E-state index contributed by atoms with van der Waals surface area (Å²) in [6.07, 6.45) is 4.79. The van der Waals surface area contributed by atoms with Crippen LogP contribution in [0.5, 0.6) is 5.75 Å². The highest BCUT2D eigenvalue weighted by Gasteiger charge is 2.19. The Bertz CT molecular complexity index is 1180. The van der Waals surface area contributed by atoms with E-state index >= 15 is 0 Å². The van der Waals surface area contributed by atoms with Crippen molar-refractivity contribution in [2.75, 3.05) is 19.0 Å². The predicted molar refractivity (Wildman–Crippen MR) is 115 cm³/mol. The first-order valence-corrected chi connectivity index (χ1v) is 9.32. The Labute approximate surface area is 167 Å². The first-order valence-electron chi connectivity index (χ1n) is 9.32. The van der Waals surface area contributed by atoms with E-state index in [9.17, 15) is 5.11 Å². The molecule has 0 saturated carbocycles. The van der Waals surface area contributed by atoms with Gasteiger partial charge in [0.1, 0.15) is 11.5 Å². The summed E-state index contributed by atoms with van der Waals surface area (Å²) in [4.78, 5) is 4.15. The summed E-state index contributed by atoms with van der Waals surface area (Å²) in [5, 5.41) is 20.0. The van der Waals surface area contributed by atoms with E-state index in [1.165, 1.54) is 0 Å². The fraction of sp³-hybridized carbons (Fsp3) is 0.182. The van der Waals surface area contributed by atoms with Crippen molar-refractivity contribution in [3.63, 3.8) is 0 Å². The van der Waals surface area contributed by atoms with Gasteiger partial charge in [-0.25, -0.2) is 0 Å². The van der Waals surface area contributed by atoms with Gasteiger partial charge in [-0.05, 0) is 48.6 Å². The van der Waals surface area contributed by atoms with Crippen molar-refractivity contribution in [3.8, 4) is 5.75 Å². The molecule has 7 nitrogen and oxygen atoms in total. The second kappa shape index (κ2) is 8.20. The van der Waals surface area contributed by atoms with Crippen LogP contribution in [0.3, 0.4) is 0 Å². The summed E-state index contributed by atoms with van der Waals surface area (Å²) < 4.78 is 11.2. The van der Waals surface area contributed by atoms with Crippen LogP contribution in [0.4, 0.5) is 11.4 Å². The number of methoxy groups -OCH3 is 1. The maximum absolute atomic E-state index is 10.0. The van der Waals surface area contributed by atoms with Crippen molar-refractivity contribution >= 4 is 38.8 Å². The molecule has 0 saturated heterocycles. The normalized spacial score (nSPS) is 12.0. The van der Waals surface area contributed by atoms with Gasteiger partial charge in [0.05, 0.1) is 11.9 Å². The van der Waals surface area contributed by atoms with E-state index < -0.39 is 0 Å². The molecule has 0 fully saturated rings. The molecular weight excluding hydrogens is 368 g/mol. The monoisotopic (exact) mass is 390 g/mol. The molecule has 0 aliphatic heterocycles. The number of nitrogens with zero attached hydrogens (tertiary/aromatic N) is 2. The number of hydrogen-bond acceptors (Lipinski definition) is 7. The Morgan fingerprint density at radius 2 is 2.14 bits per heavy atom. The summed E-state index contributed by atoms with van der Waals surface area (Å²) >= 11 is 0. The van der Waals surface area contributed by atoms with Gasteiger partial charge in [-0.15, -0.1) is 0 Å². The quantitative estimate of drug-likeness (QED) is 0.185. The molecule has 7 heteroatoms. The molecule has 148 valence electrons. The lowest BCUT2D eigenvalue weighted by Gasteiger charge is -2.10. The number of rotatable bonds is 7. The predicted octanol–water partition coefficient (Wildman–Crippen LogP) is 4.52. The van der Waals surface area contributed by atoms with Gasteiger partial charge >= 0.3 is 0 Å². The molecule has 0 radical (unpaired) electrons. The highest BCUT2D eigenvalue weighted by Crippen LogP contribution is 2.35. The number of phenols is 1. The minimum absolute atomic E-state index is 0.255. The Hall–Kier alpha value is -3.58. The number of nitrogens with one attached hydrogen (secondary N) is 1. The van der Waals surface area contributed by atoms with E-state index in [1.54, 1.807) is 25.6 Å². The fourth-order valence-corrected chi connectivity index (χ4v) is 3.39. The van der Waals surface area contributed by atoms with Crippen LogP contribution in [0.1, 0.15) is 18.6 Å². The Morgan fingerprint density at radius 3 is 2.97 bits per heavy atom. The zero-order valence-electron chi connectivity index (χ0n) is 16.1. The summed E-state index contributed by atoms with van der Waals surface area (Å²) in [6, 6.07) is 13.1. The molecule has 4 rings (SSSR count). The zero-order chi connectivity index (χ0) is 20.2. The van der Waals surface area contributed by atoms with Gasteiger partial charge in [-0.2, -0.15) is 5.10 Å². The van der Waals surface area contributed by atoms with Gasteiger partial charge in [0, 0.05) is 36.4 Å². The molecule has 0 atom stereocenters. The Morgan fingerprint density at radius 1 is 1.24 bits per heavy atom. The van der Waals surface area contributed by atoms with E-state index in [-0.39, 0.29) is 5.75 Å². The molecule has 0 spiro atoms. The third-order valence-electron chi connectivity index (χ3n) is 4.80. The molecule has 2 aromatic heterocycles. The molecule has 0 aliphatic rings. The highest BCUT2D eigenvalue weighted by molar-refractivity contribution is 6.10. The maximum Gasteiger partial charge on any atom is 0.174 e. The van der Waals surface area contributed by atoms with Crippen LogP contribution in [-0.4, -0.2) is 29.5 Å². The van der Waals surface area contributed by atoms with Crippen LogP contribution in [0.2, 0.25) is 0 Å². The summed E-state index contributed by atoms with van der Waals surface area (Å²) in [7, 11) is 1.66. The number of aromatic nitrogens is 1. The van der Waals surface area contributed by atoms with E-state index in [4.69, 9.17) is 15.0 Å². The first-order chi connectivity index (χ1) is 14.2. The maximum atomic E-state index is 10.0. The lowest BCUT2D eigenvalue weighted by molar-refractivity contribution is 0.196. The van der Waals surface area contributed by atoms with Gasteiger partial charge in [0.15, 0.2) is 11.3 Å². The van der Waals surface area contributed by atoms with Gasteiger partial charge in [-0.1, -0.05) is 12.1 Å². The lowest BCUT2D eigenvalue weighted by atomic mass is 10.1. The second-order valence-corrected chi connectivity index (χ2v) is 6.69. The Kier molecular flexibility index (Phi) is 5.31. The van der Waals surface area contributed by atoms with Crippen molar-refractivity contribution in [2.45, 2.75) is 12.8 Å². The zero-order valence-corrected chi connectivity index (χ0v) is 16.1. The number of nitrogens with two attached hydrogens (primary N) is 1. The van der Waals surface area contributed by atoms with Crippen LogP contribution in [0.15, 0.2) is 64.4 Å². The molecule has 0 aliphatic carbocycles. The van der Waals surface area contributed by atoms with Crippen molar-refractivity contribution in [3.05, 3.63) is 60.6 Å². The standard InChI is InChI=1S/C22H22N4O3/c1-28-11-3-5-18(26-23)22-21(17-9-10-24-13-20(17)29-22)25-15-7-8-16-14(12-15)4-2-6-19(16)27/h2,4,6-10,12-13,25,27H,3,5,11,23H2,1H3/b26-18-. The number of benzene rings is 2. The summed E-state index contributed by atoms with van der Waals surface area (Å²) in [5.41, 5.74) is 2.94. The molecule has 0 amide bonds. The van der Waals surface area contributed by atoms with E-state index in [1.807, 2.05) is 36.4 Å². The summed E-state index contributed by atoms with van der Waals surface area (Å²) in [5.74, 6) is 6.52. The SMILES string of the molecule is COCCC/C(=N/N)c1oc2cnccc2c1Nc1ccc2c(O)cccc2c1. The number of hydrogen-bond donors (Lipinski definition) is 3. The number of aromatic hydroxyl groups is 1. The molecule has 2 aromatic carbocycles. The molecule has 0 unspecified atom stereocenters. The van der Waals surface area contributed by atoms with Gasteiger partial charge in [0.2, 0.25) is 0 Å². The number of hydrazone groups is 1. The third-order valence-corrected chi connectivity index (χ3v) is 4.80. The molecule has 2 heterocycles. The van der Waals surface area contributed by atoms with Crippen LogP contribution in [0.25, 0.3) is 21.7 Å². The largest absolute Gasteiger partial charge is 0.507 e. The van der Waals surface area contributed by atoms with Crippen LogP contribution >= 0.6 is 0 Å². The van der Waals surface area contributed by atoms with Gasteiger partial charge in [-0.3, -0.25) is 4.98 Å². The molecular formula is C22H22N4O3. The number of fused-ring (bicyclic) bond motifs is 2. The number of anilines is 2. The van der Waals surface area contributed by atoms with Crippen molar-refractivity contribution in [2.24, 2.45) is 10.9 Å².